The molecule has 0 unspecified atom stereocenters. The van der Waals surface area contributed by atoms with Gasteiger partial charge in [0.05, 0.1) is 0 Å². The Labute approximate surface area is 121 Å². The number of hydrogen-bond donors (Lipinski definition) is 4. The highest BCUT2D eigenvalue weighted by Gasteiger charge is 2.24. The van der Waals surface area contributed by atoms with Crippen LogP contribution >= 0.6 is 11.3 Å². The van der Waals surface area contributed by atoms with Crippen molar-refractivity contribution in [2.75, 3.05) is 13.2 Å². The van der Waals surface area contributed by atoms with Crippen molar-refractivity contribution < 1.29 is 19.8 Å². The first-order valence-corrected chi connectivity index (χ1v) is 7.17. The fourth-order valence-electron chi connectivity index (χ4n) is 1.65. The van der Waals surface area contributed by atoms with Gasteiger partial charge in [0.15, 0.2) is 0 Å². The number of aliphatic hydroxyl groups excluding tert-OH is 1. The lowest BCUT2D eigenvalue weighted by Crippen LogP contribution is -2.48. The lowest BCUT2D eigenvalue weighted by molar-refractivity contribution is -0.139. The van der Waals surface area contributed by atoms with Crippen LogP contribution in [0.1, 0.15) is 25.1 Å². The van der Waals surface area contributed by atoms with Crippen molar-refractivity contribution in [1.82, 2.24) is 10.6 Å². The predicted molar refractivity (Wildman–Crippen MR) is 77.0 cm³/mol. The molecule has 0 aliphatic carbocycles. The number of carbonyl (C=O) groups excluding carboxylic acids is 1. The van der Waals surface area contributed by atoms with Gasteiger partial charge in [0.2, 0.25) is 0 Å². The number of rotatable bonds is 7. The van der Waals surface area contributed by atoms with Gasteiger partial charge in [-0.1, -0.05) is 19.9 Å². The van der Waals surface area contributed by atoms with Crippen molar-refractivity contribution in [2.24, 2.45) is 0 Å². The van der Waals surface area contributed by atoms with Crippen LogP contribution in [-0.2, 0) is 10.2 Å². The summed E-state index contributed by atoms with van der Waals surface area (Å²) in [6.45, 7) is 4.10. The third-order valence-corrected chi connectivity index (χ3v) is 4.14. The average Bonchev–Trinajstić information content (AvgIpc) is 2.90. The molecular weight excluding hydrogens is 280 g/mol. The molecule has 0 aliphatic rings. The first kappa shape index (κ1) is 16.5. The van der Waals surface area contributed by atoms with Gasteiger partial charge in [-0.05, 0) is 11.4 Å². The second-order valence-electron chi connectivity index (χ2n) is 5.09. The molecule has 4 N–H and O–H groups in total. The van der Waals surface area contributed by atoms with Crippen LogP contribution in [0.25, 0.3) is 0 Å². The number of nitrogens with one attached hydrogen (secondary N) is 2. The molecule has 0 fully saturated rings. The first-order chi connectivity index (χ1) is 9.36. The predicted octanol–water partition coefficient (Wildman–Crippen LogP) is 1.16. The van der Waals surface area contributed by atoms with E-state index in [2.05, 4.69) is 10.6 Å². The number of thiophene rings is 1. The average molecular weight is 300 g/mol. The molecule has 0 aromatic carbocycles. The minimum Gasteiger partial charge on any atom is -0.480 e. The summed E-state index contributed by atoms with van der Waals surface area (Å²) in [6, 6.07) is 2.32. The Balaban J connectivity index is 2.48. The monoisotopic (exact) mass is 300 g/mol. The van der Waals surface area contributed by atoms with E-state index in [0.717, 1.165) is 4.88 Å². The van der Waals surface area contributed by atoms with E-state index >= 15 is 0 Å². The minimum absolute atomic E-state index is 0.0168. The second kappa shape index (κ2) is 7.25. The molecule has 0 spiro atoms. The Morgan fingerprint density at radius 3 is 2.65 bits per heavy atom. The molecule has 0 aliphatic heterocycles. The summed E-state index contributed by atoms with van der Waals surface area (Å²) in [7, 11) is 0. The molecule has 2 amide bonds. The van der Waals surface area contributed by atoms with Gasteiger partial charge in [0.1, 0.15) is 6.04 Å². The zero-order valence-corrected chi connectivity index (χ0v) is 12.4. The number of hydrogen-bond acceptors (Lipinski definition) is 4. The Bertz CT molecular complexity index is 445. The van der Waals surface area contributed by atoms with Gasteiger partial charge in [-0.15, -0.1) is 11.3 Å². The van der Waals surface area contributed by atoms with Crippen LogP contribution in [0.15, 0.2) is 17.5 Å². The molecule has 1 aromatic rings. The standard InChI is InChI=1S/C13H20N2O4S/c1-13(2,10-4-3-7-20-10)8-14-12(19)15-9(5-6-16)11(17)18/h3-4,7,9,16H,5-6,8H2,1-2H3,(H,17,18)(H2,14,15,19)/t9-/m0/s1. The maximum Gasteiger partial charge on any atom is 0.326 e. The topological polar surface area (TPSA) is 98.7 Å². The number of carboxylic acids is 1. The lowest BCUT2D eigenvalue weighted by Gasteiger charge is -2.24. The molecule has 7 heteroatoms. The summed E-state index contributed by atoms with van der Waals surface area (Å²) in [4.78, 5) is 23.7. The molecule has 0 radical (unpaired) electrons. The summed E-state index contributed by atoms with van der Waals surface area (Å²) >= 11 is 1.61. The highest BCUT2D eigenvalue weighted by molar-refractivity contribution is 7.10. The Morgan fingerprint density at radius 1 is 1.45 bits per heavy atom. The fourth-order valence-corrected chi connectivity index (χ4v) is 2.50. The molecule has 112 valence electrons. The summed E-state index contributed by atoms with van der Waals surface area (Å²) in [5, 5.41) is 24.6. The molecule has 1 atom stereocenters. The number of carboxylic acid groups (broad SMARTS) is 1. The van der Waals surface area contributed by atoms with Crippen LogP contribution in [0.4, 0.5) is 4.79 Å². The third kappa shape index (κ3) is 4.82. The van der Waals surface area contributed by atoms with Crippen LogP contribution in [0, 0.1) is 0 Å². The first-order valence-electron chi connectivity index (χ1n) is 6.29. The largest absolute Gasteiger partial charge is 0.480 e. The van der Waals surface area contributed by atoms with Gasteiger partial charge in [0, 0.05) is 29.9 Å². The fraction of sp³-hybridized carbons (Fsp3) is 0.538. The van der Waals surface area contributed by atoms with Crippen LogP contribution in [0.5, 0.6) is 0 Å². The van der Waals surface area contributed by atoms with E-state index in [-0.39, 0.29) is 18.4 Å². The van der Waals surface area contributed by atoms with Crippen LogP contribution in [0.2, 0.25) is 0 Å². The van der Waals surface area contributed by atoms with Gasteiger partial charge in [-0.2, -0.15) is 0 Å². The highest BCUT2D eigenvalue weighted by atomic mass is 32.1. The summed E-state index contributed by atoms with van der Waals surface area (Å²) < 4.78 is 0. The van der Waals surface area contributed by atoms with E-state index in [9.17, 15) is 9.59 Å². The number of aliphatic carboxylic acids is 1. The zero-order valence-electron chi connectivity index (χ0n) is 11.5. The quantitative estimate of drug-likeness (QED) is 0.607. The van der Waals surface area contributed by atoms with E-state index < -0.39 is 18.0 Å². The van der Waals surface area contributed by atoms with Crippen molar-refractivity contribution in [1.29, 1.82) is 0 Å². The van der Waals surface area contributed by atoms with Crippen molar-refractivity contribution in [2.45, 2.75) is 31.7 Å². The summed E-state index contributed by atoms with van der Waals surface area (Å²) in [5.41, 5.74) is -0.221. The number of urea groups is 1. The van der Waals surface area contributed by atoms with Crippen molar-refractivity contribution in [3.05, 3.63) is 22.4 Å². The van der Waals surface area contributed by atoms with E-state index in [0.29, 0.717) is 6.54 Å². The molecule has 0 saturated heterocycles. The molecule has 0 saturated carbocycles. The van der Waals surface area contributed by atoms with Crippen molar-refractivity contribution in [3.63, 3.8) is 0 Å². The maximum atomic E-state index is 11.7. The van der Waals surface area contributed by atoms with Crippen LogP contribution in [-0.4, -0.2) is 41.4 Å². The minimum atomic E-state index is -1.16. The SMILES string of the molecule is CC(C)(CNC(=O)N[C@@H](CCO)C(=O)O)c1cccs1. The number of carbonyl (C=O) groups is 2. The van der Waals surface area contributed by atoms with Gasteiger partial charge in [0.25, 0.3) is 0 Å². The Morgan fingerprint density at radius 2 is 2.15 bits per heavy atom. The molecule has 1 heterocycles. The van der Waals surface area contributed by atoms with Crippen LogP contribution < -0.4 is 10.6 Å². The number of aliphatic hydroxyl groups is 1. The van der Waals surface area contributed by atoms with Gasteiger partial charge in [-0.3, -0.25) is 0 Å². The van der Waals surface area contributed by atoms with Gasteiger partial charge in [-0.25, -0.2) is 9.59 Å². The zero-order chi connectivity index (χ0) is 15.2. The van der Waals surface area contributed by atoms with E-state index in [1.807, 2.05) is 31.4 Å². The molecule has 1 aromatic heterocycles. The Hall–Kier alpha value is -1.60. The van der Waals surface area contributed by atoms with E-state index in [1.54, 1.807) is 11.3 Å². The van der Waals surface area contributed by atoms with Crippen molar-refractivity contribution >= 4 is 23.3 Å². The molecule has 20 heavy (non-hydrogen) atoms. The number of amides is 2. The third-order valence-electron chi connectivity index (χ3n) is 2.90. The highest BCUT2D eigenvalue weighted by Crippen LogP contribution is 2.26. The summed E-state index contributed by atoms with van der Waals surface area (Å²) in [5.74, 6) is -1.16. The van der Waals surface area contributed by atoms with Crippen molar-refractivity contribution in [3.8, 4) is 0 Å². The van der Waals surface area contributed by atoms with E-state index in [4.69, 9.17) is 10.2 Å². The second-order valence-corrected chi connectivity index (χ2v) is 6.04. The summed E-state index contributed by atoms with van der Waals surface area (Å²) in [6.07, 6.45) is -0.0168. The van der Waals surface area contributed by atoms with E-state index in [1.165, 1.54) is 0 Å². The van der Waals surface area contributed by atoms with Crippen LogP contribution in [0.3, 0.4) is 0 Å². The van der Waals surface area contributed by atoms with Gasteiger partial charge >= 0.3 is 12.0 Å². The smallest absolute Gasteiger partial charge is 0.326 e. The Kier molecular flexibility index (Phi) is 5.97. The molecule has 0 bridgehead atoms. The lowest BCUT2D eigenvalue weighted by atomic mass is 9.91. The maximum absolute atomic E-state index is 11.7. The normalized spacial score (nSPS) is 12.8. The molecule has 6 nitrogen and oxygen atoms in total. The van der Waals surface area contributed by atoms with Gasteiger partial charge < -0.3 is 20.8 Å². The molecular formula is C13H20N2O4S. The molecule has 1 rings (SSSR count).